The summed E-state index contributed by atoms with van der Waals surface area (Å²) in [4.78, 5) is 0. The van der Waals surface area contributed by atoms with Crippen molar-refractivity contribution in [2.75, 3.05) is 71.8 Å². The first-order chi connectivity index (χ1) is 10.4. The summed E-state index contributed by atoms with van der Waals surface area (Å²) in [5.41, 5.74) is 0. The van der Waals surface area contributed by atoms with Gasteiger partial charge in [0.05, 0.1) is 39.6 Å². The van der Waals surface area contributed by atoms with E-state index in [1.165, 1.54) is 6.42 Å². The highest BCUT2D eigenvalue weighted by molar-refractivity contribution is 6.17. The summed E-state index contributed by atoms with van der Waals surface area (Å²) in [5, 5.41) is 3.29. The molecule has 0 aliphatic heterocycles. The van der Waals surface area contributed by atoms with Crippen LogP contribution in [0.25, 0.3) is 0 Å². The number of hydrogen-bond acceptors (Lipinski definition) is 5. The van der Waals surface area contributed by atoms with Crippen molar-refractivity contribution in [2.45, 2.75) is 26.2 Å². The van der Waals surface area contributed by atoms with Gasteiger partial charge in [0.2, 0.25) is 0 Å². The number of hydrogen-bond donors (Lipinski definition) is 1. The van der Waals surface area contributed by atoms with Gasteiger partial charge in [-0.15, -0.1) is 11.6 Å². The van der Waals surface area contributed by atoms with E-state index in [9.17, 15) is 0 Å². The maximum atomic E-state index is 5.50. The standard InChI is InChI=1S/C15H32ClNO4/c1-2-3-8-19-12-14-21-15-13-20-11-7-17-6-4-9-18-10-5-16/h17H,2-15H2,1H3. The van der Waals surface area contributed by atoms with Gasteiger partial charge in [0, 0.05) is 25.6 Å². The van der Waals surface area contributed by atoms with Gasteiger partial charge in [-0.3, -0.25) is 0 Å². The van der Waals surface area contributed by atoms with Crippen LogP contribution in [0, 0.1) is 0 Å². The molecule has 0 atom stereocenters. The molecule has 5 nitrogen and oxygen atoms in total. The Hall–Kier alpha value is 0.0900. The van der Waals surface area contributed by atoms with Gasteiger partial charge < -0.3 is 24.3 Å². The van der Waals surface area contributed by atoms with Crippen molar-refractivity contribution in [3.05, 3.63) is 0 Å². The van der Waals surface area contributed by atoms with Crippen LogP contribution in [0.2, 0.25) is 0 Å². The summed E-state index contributed by atoms with van der Waals surface area (Å²) in [6.45, 7) is 9.47. The van der Waals surface area contributed by atoms with Crippen LogP contribution in [0.15, 0.2) is 0 Å². The minimum absolute atomic E-state index is 0.564. The number of nitrogens with one attached hydrogen (secondary N) is 1. The Morgan fingerprint density at radius 3 is 1.90 bits per heavy atom. The lowest BCUT2D eigenvalue weighted by Gasteiger charge is -2.07. The molecule has 0 radical (unpaired) electrons. The lowest BCUT2D eigenvalue weighted by atomic mass is 10.4. The molecule has 0 aromatic rings. The molecule has 0 heterocycles. The van der Waals surface area contributed by atoms with Crippen molar-refractivity contribution < 1.29 is 18.9 Å². The summed E-state index contributed by atoms with van der Waals surface area (Å²) >= 11 is 5.50. The van der Waals surface area contributed by atoms with Crippen molar-refractivity contribution in [3.63, 3.8) is 0 Å². The van der Waals surface area contributed by atoms with Crippen molar-refractivity contribution in [2.24, 2.45) is 0 Å². The van der Waals surface area contributed by atoms with E-state index in [4.69, 9.17) is 30.5 Å². The monoisotopic (exact) mass is 325 g/mol. The Morgan fingerprint density at radius 2 is 1.24 bits per heavy atom. The predicted octanol–water partition coefficient (Wildman–Crippen LogP) is 2.07. The molecule has 0 saturated heterocycles. The van der Waals surface area contributed by atoms with Crippen LogP contribution < -0.4 is 5.32 Å². The molecule has 128 valence electrons. The van der Waals surface area contributed by atoms with E-state index in [1.54, 1.807) is 0 Å². The molecule has 0 spiro atoms. The molecular weight excluding hydrogens is 294 g/mol. The molecule has 6 heteroatoms. The summed E-state index contributed by atoms with van der Waals surface area (Å²) in [6.07, 6.45) is 3.29. The minimum Gasteiger partial charge on any atom is -0.380 e. The Labute approximate surface area is 134 Å². The number of alkyl halides is 1. The number of ether oxygens (including phenoxy) is 4. The summed E-state index contributed by atoms with van der Waals surface area (Å²) in [6, 6.07) is 0. The molecular formula is C15H32ClNO4. The highest BCUT2D eigenvalue weighted by atomic mass is 35.5. The van der Waals surface area contributed by atoms with Gasteiger partial charge in [-0.2, -0.15) is 0 Å². The van der Waals surface area contributed by atoms with Crippen molar-refractivity contribution in [1.82, 2.24) is 5.32 Å². The average Bonchev–Trinajstić information content (AvgIpc) is 2.50. The molecule has 0 fully saturated rings. The molecule has 0 amide bonds. The second kappa shape index (κ2) is 20.1. The second-order valence-corrected chi connectivity index (χ2v) is 4.97. The van der Waals surface area contributed by atoms with Gasteiger partial charge >= 0.3 is 0 Å². The minimum atomic E-state index is 0.564. The molecule has 0 aromatic heterocycles. The van der Waals surface area contributed by atoms with Crippen molar-refractivity contribution in [3.8, 4) is 0 Å². The van der Waals surface area contributed by atoms with Gasteiger partial charge in [0.25, 0.3) is 0 Å². The maximum absolute atomic E-state index is 5.50. The number of rotatable bonds is 18. The molecule has 0 saturated carbocycles. The second-order valence-electron chi connectivity index (χ2n) is 4.60. The van der Waals surface area contributed by atoms with Gasteiger partial charge in [0.15, 0.2) is 0 Å². The van der Waals surface area contributed by atoms with E-state index in [2.05, 4.69) is 12.2 Å². The summed E-state index contributed by atoms with van der Waals surface area (Å²) in [5.74, 6) is 0.564. The molecule has 0 aliphatic rings. The van der Waals surface area contributed by atoms with E-state index in [0.29, 0.717) is 45.5 Å². The van der Waals surface area contributed by atoms with E-state index in [-0.39, 0.29) is 0 Å². The van der Waals surface area contributed by atoms with Crippen LogP contribution in [0.3, 0.4) is 0 Å². The van der Waals surface area contributed by atoms with Crippen molar-refractivity contribution in [1.29, 1.82) is 0 Å². The fourth-order valence-corrected chi connectivity index (χ4v) is 1.62. The zero-order valence-corrected chi connectivity index (χ0v) is 14.2. The lowest BCUT2D eigenvalue weighted by molar-refractivity contribution is 0.0146. The predicted molar refractivity (Wildman–Crippen MR) is 86.4 cm³/mol. The largest absolute Gasteiger partial charge is 0.380 e. The number of unbranched alkanes of at least 4 members (excludes halogenated alkanes) is 1. The van der Waals surface area contributed by atoms with E-state index in [0.717, 1.165) is 39.1 Å². The first-order valence-corrected chi connectivity index (χ1v) is 8.53. The van der Waals surface area contributed by atoms with E-state index in [1.807, 2.05) is 0 Å². The van der Waals surface area contributed by atoms with Crippen LogP contribution in [-0.4, -0.2) is 71.8 Å². The van der Waals surface area contributed by atoms with Crippen LogP contribution in [0.4, 0.5) is 0 Å². The molecule has 0 aliphatic carbocycles. The highest BCUT2D eigenvalue weighted by Gasteiger charge is 1.92. The molecule has 1 N–H and O–H groups in total. The van der Waals surface area contributed by atoms with Crippen molar-refractivity contribution >= 4 is 11.6 Å². The summed E-state index contributed by atoms with van der Waals surface area (Å²) < 4.78 is 21.5. The zero-order valence-electron chi connectivity index (χ0n) is 13.4. The Kier molecular flexibility index (Phi) is 20.2. The topological polar surface area (TPSA) is 49.0 Å². The van der Waals surface area contributed by atoms with Gasteiger partial charge in [0.1, 0.15) is 0 Å². The van der Waals surface area contributed by atoms with Crippen LogP contribution in [-0.2, 0) is 18.9 Å². The highest BCUT2D eigenvalue weighted by Crippen LogP contribution is 1.88. The van der Waals surface area contributed by atoms with Gasteiger partial charge in [-0.25, -0.2) is 0 Å². The SMILES string of the molecule is CCCCOCCOCCOCCNCCCOCCCl. The van der Waals surface area contributed by atoms with Crippen LogP contribution in [0.1, 0.15) is 26.2 Å². The molecule has 0 bridgehead atoms. The first kappa shape index (κ1) is 21.1. The summed E-state index contributed by atoms with van der Waals surface area (Å²) in [7, 11) is 0. The van der Waals surface area contributed by atoms with E-state index < -0.39 is 0 Å². The van der Waals surface area contributed by atoms with Crippen LogP contribution in [0.5, 0.6) is 0 Å². The lowest BCUT2D eigenvalue weighted by Crippen LogP contribution is -2.22. The Bertz CT molecular complexity index is 169. The smallest absolute Gasteiger partial charge is 0.0701 e. The van der Waals surface area contributed by atoms with Crippen LogP contribution >= 0.6 is 11.6 Å². The maximum Gasteiger partial charge on any atom is 0.0701 e. The quantitative estimate of drug-likeness (QED) is 0.309. The van der Waals surface area contributed by atoms with E-state index >= 15 is 0 Å². The fourth-order valence-electron chi connectivity index (χ4n) is 1.51. The third-order valence-electron chi connectivity index (χ3n) is 2.67. The van der Waals surface area contributed by atoms with Gasteiger partial charge in [-0.1, -0.05) is 13.3 Å². The number of halogens is 1. The van der Waals surface area contributed by atoms with Gasteiger partial charge in [-0.05, 0) is 19.4 Å². The fraction of sp³-hybridized carbons (Fsp3) is 1.00. The zero-order chi connectivity index (χ0) is 15.4. The third-order valence-corrected chi connectivity index (χ3v) is 2.83. The molecule has 0 rings (SSSR count). The molecule has 0 unspecified atom stereocenters. The normalized spacial score (nSPS) is 11.1. The molecule has 0 aromatic carbocycles. The average molecular weight is 326 g/mol. The Morgan fingerprint density at radius 1 is 0.667 bits per heavy atom. The molecule has 21 heavy (non-hydrogen) atoms. The Balaban J connectivity index is 2.90. The first-order valence-electron chi connectivity index (χ1n) is 7.99. The third kappa shape index (κ3) is 20.1.